The van der Waals surface area contributed by atoms with E-state index in [1.54, 1.807) is 0 Å². The summed E-state index contributed by atoms with van der Waals surface area (Å²) in [6.45, 7) is 8.15. The molecule has 0 aromatic rings. The number of ether oxygens (including phenoxy) is 2. The van der Waals surface area contributed by atoms with Crippen molar-refractivity contribution in [2.24, 2.45) is 17.8 Å². The van der Waals surface area contributed by atoms with E-state index in [-0.39, 0.29) is 18.1 Å². The van der Waals surface area contributed by atoms with Gasteiger partial charge in [0.25, 0.3) is 0 Å². The van der Waals surface area contributed by atoms with E-state index in [2.05, 4.69) is 42.4 Å². The van der Waals surface area contributed by atoms with Crippen LogP contribution in [0.4, 0.5) is 0 Å². The van der Waals surface area contributed by atoms with E-state index in [0.29, 0.717) is 19.1 Å². The van der Waals surface area contributed by atoms with E-state index in [1.165, 1.54) is 19.3 Å². The molecule has 0 radical (unpaired) electrons. The second-order valence-electron chi connectivity index (χ2n) is 8.86. The van der Waals surface area contributed by atoms with E-state index >= 15 is 0 Å². The topological polar surface area (TPSA) is 47.9 Å². The van der Waals surface area contributed by atoms with Gasteiger partial charge in [-0.1, -0.05) is 52.2 Å². The smallest absolute Gasteiger partial charge is 0.168 e. The molecule has 0 aromatic carbocycles. The van der Waals surface area contributed by atoms with E-state index in [1.807, 2.05) is 0 Å². The van der Waals surface area contributed by atoms with Gasteiger partial charge in [0.2, 0.25) is 0 Å². The molecule has 1 aliphatic heterocycles. The van der Waals surface area contributed by atoms with Crippen LogP contribution in [-0.4, -0.2) is 36.3 Å². The number of aliphatic hydroxyl groups is 1. The monoisotopic (exact) mass is 414 g/mol. The average Bonchev–Trinajstić information content (AvgIpc) is 3.28. The third-order valence-corrected chi connectivity index (χ3v) is 7.16. The van der Waals surface area contributed by atoms with Crippen molar-refractivity contribution in [1.29, 1.82) is 0 Å². The lowest BCUT2D eigenvalue weighted by atomic mass is 9.85. The minimum atomic E-state index is -0.412. The van der Waals surface area contributed by atoms with Gasteiger partial charge in [-0.2, -0.15) is 0 Å². The first-order valence-electron chi connectivity index (χ1n) is 11.5. The van der Waals surface area contributed by atoms with Gasteiger partial charge in [0.15, 0.2) is 5.79 Å². The maximum atomic E-state index is 10.7. The molecule has 6 unspecified atom stereocenters. The Kier molecular flexibility index (Phi) is 11.0. The fourth-order valence-corrected chi connectivity index (χ4v) is 5.04. The molecule has 1 heterocycles. The molecule has 164 valence electrons. The summed E-state index contributed by atoms with van der Waals surface area (Å²) < 4.78 is 17.8. The lowest BCUT2D eigenvalue weighted by Gasteiger charge is -2.31. The minimum absolute atomic E-state index is 0.0991. The van der Waals surface area contributed by atoms with E-state index < -0.39 is 5.79 Å². The molecule has 1 saturated carbocycles. The summed E-state index contributed by atoms with van der Waals surface area (Å²) in [4.78, 5) is 0. The van der Waals surface area contributed by atoms with Crippen LogP contribution in [0.2, 0.25) is 0 Å². The first kappa shape index (κ1) is 24.3. The fraction of sp³-hybridized carbons (Fsp3) is 0.913. The molecular weight excluding hydrogens is 371 g/mol. The Labute approximate surface area is 175 Å². The molecule has 2 fully saturated rings. The number of hydrogen-bond acceptors (Lipinski definition) is 4. The Balaban J connectivity index is 1.94. The molecule has 2 rings (SSSR count). The molecule has 5 heteroatoms. The number of allylic oxidation sites excluding steroid dienone is 2. The maximum Gasteiger partial charge on any atom is 0.168 e. The molecular formula is C23H43O4P. The zero-order valence-corrected chi connectivity index (χ0v) is 19.4. The number of aliphatic hydroxyl groups excluding tert-OH is 1. The largest absolute Gasteiger partial charge is 0.393 e. The van der Waals surface area contributed by atoms with E-state index in [4.69, 9.17) is 14.0 Å². The summed E-state index contributed by atoms with van der Waals surface area (Å²) in [6.07, 6.45) is 14.8. The van der Waals surface area contributed by atoms with Crippen LogP contribution in [0.5, 0.6) is 0 Å². The predicted molar refractivity (Wildman–Crippen MR) is 118 cm³/mol. The van der Waals surface area contributed by atoms with Crippen molar-refractivity contribution in [2.45, 2.75) is 103 Å². The molecule has 0 spiro atoms. The zero-order valence-electron chi connectivity index (χ0n) is 18.3. The van der Waals surface area contributed by atoms with E-state index in [9.17, 15) is 5.11 Å². The minimum Gasteiger partial charge on any atom is -0.393 e. The van der Waals surface area contributed by atoms with Gasteiger partial charge in [0.05, 0.1) is 25.4 Å². The quantitative estimate of drug-likeness (QED) is 0.240. The number of rotatable bonds is 13. The standard InChI is InChI=1S/C23H43O4P/c1-4-6-9-13-23(25-15-16-26-23)14-12-20-19(21(24)17-22(20)27-28)11-8-7-10-18(3)5-2/h7-8,18-22,24H,4-6,9-17,28H2,1-3H3/b8-7+. The Hall–Kier alpha value is 0.0100. The summed E-state index contributed by atoms with van der Waals surface area (Å²) in [7, 11) is 2.42. The molecule has 4 nitrogen and oxygen atoms in total. The summed E-state index contributed by atoms with van der Waals surface area (Å²) >= 11 is 0. The molecule has 1 aliphatic carbocycles. The van der Waals surface area contributed by atoms with Gasteiger partial charge < -0.3 is 19.1 Å². The lowest BCUT2D eigenvalue weighted by molar-refractivity contribution is -0.171. The Bertz CT molecular complexity index is 450. The molecule has 1 saturated heterocycles. The van der Waals surface area contributed by atoms with Crippen molar-refractivity contribution in [1.82, 2.24) is 0 Å². The lowest BCUT2D eigenvalue weighted by Crippen LogP contribution is -2.33. The third kappa shape index (κ3) is 7.06. The highest BCUT2D eigenvalue weighted by molar-refractivity contribution is 7.09. The van der Waals surface area contributed by atoms with Gasteiger partial charge in [0.1, 0.15) is 0 Å². The molecule has 6 atom stereocenters. The molecule has 0 aromatic heterocycles. The summed E-state index contributed by atoms with van der Waals surface area (Å²) in [6, 6.07) is 0. The average molecular weight is 415 g/mol. The molecule has 28 heavy (non-hydrogen) atoms. The van der Waals surface area contributed by atoms with Gasteiger partial charge in [-0.3, -0.25) is 0 Å². The first-order chi connectivity index (χ1) is 13.5. The van der Waals surface area contributed by atoms with Gasteiger partial charge >= 0.3 is 0 Å². The van der Waals surface area contributed by atoms with Crippen LogP contribution < -0.4 is 0 Å². The van der Waals surface area contributed by atoms with Gasteiger partial charge in [-0.05, 0) is 43.4 Å². The van der Waals surface area contributed by atoms with Crippen molar-refractivity contribution < 1.29 is 19.1 Å². The van der Waals surface area contributed by atoms with Gasteiger partial charge in [-0.25, -0.2) is 0 Å². The predicted octanol–water partition coefficient (Wildman–Crippen LogP) is 5.64. The Morgan fingerprint density at radius 2 is 1.89 bits per heavy atom. The van der Waals surface area contributed by atoms with Crippen LogP contribution in [0.25, 0.3) is 0 Å². The Morgan fingerprint density at radius 1 is 1.14 bits per heavy atom. The Morgan fingerprint density at radius 3 is 2.54 bits per heavy atom. The van der Waals surface area contributed by atoms with Crippen molar-refractivity contribution in [3.8, 4) is 0 Å². The maximum absolute atomic E-state index is 10.7. The van der Waals surface area contributed by atoms with Gasteiger partial charge in [-0.15, -0.1) is 0 Å². The van der Waals surface area contributed by atoms with Crippen molar-refractivity contribution in [2.75, 3.05) is 13.2 Å². The van der Waals surface area contributed by atoms with Crippen LogP contribution in [0.3, 0.4) is 0 Å². The zero-order chi connectivity index (χ0) is 20.4. The highest BCUT2D eigenvalue weighted by Gasteiger charge is 2.44. The molecule has 0 amide bonds. The second-order valence-corrected chi connectivity index (χ2v) is 9.14. The third-order valence-electron chi connectivity index (χ3n) is 6.81. The van der Waals surface area contributed by atoms with Crippen molar-refractivity contribution in [3.63, 3.8) is 0 Å². The molecule has 0 bridgehead atoms. The van der Waals surface area contributed by atoms with Crippen molar-refractivity contribution >= 4 is 9.47 Å². The van der Waals surface area contributed by atoms with Crippen LogP contribution in [-0.2, 0) is 14.0 Å². The first-order valence-corrected chi connectivity index (χ1v) is 12.0. The highest BCUT2D eigenvalue weighted by atomic mass is 31.0. The summed E-state index contributed by atoms with van der Waals surface area (Å²) in [5, 5.41) is 10.7. The van der Waals surface area contributed by atoms with Gasteiger partial charge in [0, 0.05) is 28.7 Å². The fourth-order valence-electron chi connectivity index (χ4n) is 4.73. The van der Waals surface area contributed by atoms with Crippen LogP contribution in [0, 0.1) is 17.8 Å². The highest BCUT2D eigenvalue weighted by Crippen LogP contribution is 2.43. The summed E-state index contributed by atoms with van der Waals surface area (Å²) in [5.41, 5.74) is 0. The normalized spacial score (nSPS) is 31.0. The number of unbranched alkanes of at least 4 members (excludes halogenated alkanes) is 2. The second kappa shape index (κ2) is 12.6. The summed E-state index contributed by atoms with van der Waals surface area (Å²) in [5.74, 6) is 0.915. The van der Waals surface area contributed by atoms with E-state index in [0.717, 1.165) is 50.9 Å². The number of hydrogen-bond donors (Lipinski definition) is 1. The van der Waals surface area contributed by atoms with Crippen LogP contribution >= 0.6 is 9.47 Å². The van der Waals surface area contributed by atoms with Crippen molar-refractivity contribution in [3.05, 3.63) is 12.2 Å². The molecule has 1 N–H and O–H groups in total. The molecule has 2 aliphatic rings. The van der Waals surface area contributed by atoms with Crippen LogP contribution in [0.1, 0.15) is 85.0 Å². The van der Waals surface area contributed by atoms with Crippen LogP contribution in [0.15, 0.2) is 12.2 Å². The SMILES string of the molecule is CCCCCC1(CCC2C(OP)CC(O)C2C/C=C/CC(C)CC)OCCO1.